The third-order valence-corrected chi connectivity index (χ3v) is 4.44. The zero-order valence-corrected chi connectivity index (χ0v) is 13.5. The van der Waals surface area contributed by atoms with Gasteiger partial charge in [-0.05, 0) is 49.1 Å². The van der Waals surface area contributed by atoms with Crippen molar-refractivity contribution in [2.75, 3.05) is 13.1 Å². The summed E-state index contributed by atoms with van der Waals surface area (Å²) in [6, 6.07) is 8.43. The Morgan fingerprint density at radius 2 is 1.91 bits per heavy atom. The van der Waals surface area contributed by atoms with E-state index in [1.807, 2.05) is 0 Å². The largest absolute Gasteiger partial charge is 0.393 e. The molecule has 2 amide bonds. The summed E-state index contributed by atoms with van der Waals surface area (Å²) in [7, 11) is 0. The molecule has 2 rings (SSSR count). The molecule has 1 aromatic carbocycles. The van der Waals surface area contributed by atoms with E-state index in [4.69, 9.17) is 0 Å². The first-order valence-corrected chi connectivity index (χ1v) is 8.45. The summed E-state index contributed by atoms with van der Waals surface area (Å²) in [5.74, 6) is 0.413. The molecule has 2 unspecified atom stereocenters. The molecule has 0 heterocycles. The fourth-order valence-electron chi connectivity index (χ4n) is 3.01. The minimum atomic E-state index is -0.185. The van der Waals surface area contributed by atoms with Gasteiger partial charge in [-0.2, -0.15) is 0 Å². The van der Waals surface area contributed by atoms with Crippen molar-refractivity contribution >= 4 is 6.03 Å². The minimum absolute atomic E-state index is 0.106. The lowest BCUT2D eigenvalue weighted by Crippen LogP contribution is -2.40. The summed E-state index contributed by atoms with van der Waals surface area (Å²) < 4.78 is 0. The average molecular weight is 304 g/mol. The van der Waals surface area contributed by atoms with Crippen LogP contribution in [-0.2, 0) is 12.8 Å². The number of carbonyl (C=O) groups excluding carboxylic acids is 1. The highest BCUT2D eigenvalue weighted by atomic mass is 16.3. The fourth-order valence-corrected chi connectivity index (χ4v) is 3.01. The van der Waals surface area contributed by atoms with Gasteiger partial charge >= 0.3 is 6.03 Å². The van der Waals surface area contributed by atoms with E-state index < -0.39 is 0 Å². The molecule has 0 bridgehead atoms. The standard InChI is InChI=1S/C18H28N2O2/c1-2-14-6-8-15(9-7-14)10-11-19-18(22)20-13-16-4-3-5-17(21)12-16/h6-9,16-17,21H,2-5,10-13H2,1H3,(H2,19,20,22). The lowest BCUT2D eigenvalue weighted by molar-refractivity contribution is 0.101. The number of aliphatic hydroxyl groups is 1. The first-order chi connectivity index (χ1) is 10.7. The monoisotopic (exact) mass is 304 g/mol. The predicted octanol–water partition coefficient (Wildman–Crippen LogP) is 2.64. The molecule has 0 radical (unpaired) electrons. The Morgan fingerprint density at radius 3 is 2.59 bits per heavy atom. The number of nitrogens with one attached hydrogen (secondary N) is 2. The lowest BCUT2D eigenvalue weighted by Gasteiger charge is -2.25. The van der Waals surface area contributed by atoms with Crippen LogP contribution in [0.2, 0.25) is 0 Å². The molecule has 0 aromatic heterocycles. The molecule has 3 N–H and O–H groups in total. The van der Waals surface area contributed by atoms with Crippen LogP contribution >= 0.6 is 0 Å². The van der Waals surface area contributed by atoms with Gasteiger partial charge in [0.1, 0.15) is 0 Å². The van der Waals surface area contributed by atoms with Crippen molar-refractivity contribution < 1.29 is 9.90 Å². The van der Waals surface area contributed by atoms with Crippen LogP contribution < -0.4 is 10.6 Å². The number of carbonyl (C=O) groups is 1. The Balaban J connectivity index is 1.60. The number of rotatable bonds is 6. The van der Waals surface area contributed by atoms with Gasteiger partial charge in [-0.1, -0.05) is 37.6 Å². The van der Waals surface area contributed by atoms with Crippen LogP contribution in [0.15, 0.2) is 24.3 Å². The maximum Gasteiger partial charge on any atom is 0.314 e. The quantitative estimate of drug-likeness (QED) is 0.756. The molecule has 1 aliphatic rings. The van der Waals surface area contributed by atoms with E-state index in [1.165, 1.54) is 11.1 Å². The first-order valence-electron chi connectivity index (χ1n) is 8.45. The molecular weight excluding hydrogens is 276 g/mol. The highest BCUT2D eigenvalue weighted by Crippen LogP contribution is 2.23. The Bertz CT molecular complexity index is 459. The van der Waals surface area contributed by atoms with Gasteiger partial charge in [-0.3, -0.25) is 0 Å². The fraction of sp³-hybridized carbons (Fsp3) is 0.611. The Kier molecular flexibility index (Phi) is 6.72. The van der Waals surface area contributed by atoms with Crippen molar-refractivity contribution in [3.8, 4) is 0 Å². The van der Waals surface area contributed by atoms with Crippen LogP contribution in [0.4, 0.5) is 4.79 Å². The van der Waals surface area contributed by atoms with E-state index in [-0.39, 0.29) is 12.1 Å². The number of aliphatic hydroxyl groups excluding tert-OH is 1. The van der Waals surface area contributed by atoms with E-state index in [9.17, 15) is 9.90 Å². The molecule has 0 aliphatic heterocycles. The normalized spacial score (nSPS) is 21.4. The predicted molar refractivity (Wildman–Crippen MR) is 88.9 cm³/mol. The maximum atomic E-state index is 11.8. The van der Waals surface area contributed by atoms with Gasteiger partial charge in [-0.25, -0.2) is 4.79 Å². The molecular formula is C18H28N2O2. The second-order valence-corrected chi connectivity index (χ2v) is 6.24. The molecule has 22 heavy (non-hydrogen) atoms. The molecule has 1 aromatic rings. The highest BCUT2D eigenvalue weighted by molar-refractivity contribution is 5.73. The molecule has 1 aliphatic carbocycles. The van der Waals surface area contributed by atoms with Crippen molar-refractivity contribution in [2.24, 2.45) is 5.92 Å². The summed E-state index contributed by atoms with van der Waals surface area (Å²) in [5.41, 5.74) is 2.58. The van der Waals surface area contributed by atoms with Crippen LogP contribution in [0.1, 0.15) is 43.7 Å². The molecule has 0 saturated heterocycles. The van der Waals surface area contributed by atoms with Crippen LogP contribution in [-0.4, -0.2) is 30.3 Å². The Labute approximate surface area is 133 Å². The molecule has 122 valence electrons. The van der Waals surface area contributed by atoms with Crippen LogP contribution in [0.25, 0.3) is 0 Å². The third-order valence-electron chi connectivity index (χ3n) is 4.44. The van der Waals surface area contributed by atoms with Crippen molar-refractivity contribution in [2.45, 2.75) is 51.6 Å². The molecule has 4 nitrogen and oxygen atoms in total. The maximum absolute atomic E-state index is 11.8. The molecule has 2 atom stereocenters. The van der Waals surface area contributed by atoms with E-state index in [1.54, 1.807) is 0 Å². The summed E-state index contributed by atoms with van der Waals surface area (Å²) in [6.45, 7) is 3.45. The van der Waals surface area contributed by atoms with E-state index in [0.29, 0.717) is 19.0 Å². The first kappa shape index (κ1) is 16.8. The number of hydrogen-bond acceptors (Lipinski definition) is 2. The summed E-state index contributed by atoms with van der Waals surface area (Å²) >= 11 is 0. The van der Waals surface area contributed by atoms with Crippen molar-refractivity contribution in [1.29, 1.82) is 0 Å². The Hall–Kier alpha value is -1.55. The number of urea groups is 1. The smallest absolute Gasteiger partial charge is 0.314 e. The van der Waals surface area contributed by atoms with Gasteiger partial charge < -0.3 is 15.7 Å². The third kappa shape index (κ3) is 5.68. The second-order valence-electron chi connectivity index (χ2n) is 6.24. The van der Waals surface area contributed by atoms with E-state index >= 15 is 0 Å². The SMILES string of the molecule is CCc1ccc(CCNC(=O)NCC2CCCC(O)C2)cc1. The minimum Gasteiger partial charge on any atom is -0.393 e. The van der Waals surface area contributed by atoms with Gasteiger partial charge in [0, 0.05) is 13.1 Å². The van der Waals surface area contributed by atoms with Crippen LogP contribution in [0.5, 0.6) is 0 Å². The summed E-state index contributed by atoms with van der Waals surface area (Å²) in [5, 5.41) is 15.4. The highest BCUT2D eigenvalue weighted by Gasteiger charge is 2.20. The zero-order valence-electron chi connectivity index (χ0n) is 13.5. The van der Waals surface area contributed by atoms with Crippen molar-refractivity contribution in [1.82, 2.24) is 10.6 Å². The van der Waals surface area contributed by atoms with Gasteiger partial charge in [0.2, 0.25) is 0 Å². The van der Waals surface area contributed by atoms with Crippen molar-refractivity contribution in [3.05, 3.63) is 35.4 Å². The van der Waals surface area contributed by atoms with Gasteiger partial charge in [0.25, 0.3) is 0 Å². The number of aryl methyl sites for hydroxylation is 1. The van der Waals surface area contributed by atoms with Gasteiger partial charge in [0.05, 0.1) is 6.10 Å². The summed E-state index contributed by atoms with van der Waals surface area (Å²) in [6.07, 6.45) is 5.58. The number of benzene rings is 1. The molecule has 4 heteroatoms. The second kappa shape index (κ2) is 8.79. The van der Waals surface area contributed by atoms with E-state index in [2.05, 4.69) is 41.8 Å². The van der Waals surface area contributed by atoms with Gasteiger partial charge in [0.15, 0.2) is 0 Å². The molecule has 1 saturated carbocycles. The van der Waals surface area contributed by atoms with Crippen molar-refractivity contribution in [3.63, 3.8) is 0 Å². The number of hydrogen-bond donors (Lipinski definition) is 3. The lowest BCUT2D eigenvalue weighted by atomic mass is 9.87. The molecule has 1 fully saturated rings. The van der Waals surface area contributed by atoms with Crippen LogP contribution in [0, 0.1) is 5.92 Å². The molecule has 0 spiro atoms. The van der Waals surface area contributed by atoms with E-state index in [0.717, 1.165) is 38.5 Å². The number of amides is 2. The summed E-state index contributed by atoms with van der Waals surface area (Å²) in [4.78, 5) is 11.8. The Morgan fingerprint density at radius 1 is 1.18 bits per heavy atom. The van der Waals surface area contributed by atoms with Gasteiger partial charge in [-0.15, -0.1) is 0 Å². The average Bonchev–Trinajstić information content (AvgIpc) is 2.54. The topological polar surface area (TPSA) is 61.4 Å². The zero-order chi connectivity index (χ0) is 15.8. The van der Waals surface area contributed by atoms with Crippen LogP contribution in [0.3, 0.4) is 0 Å².